The second-order valence-electron chi connectivity index (χ2n) is 5.20. The molecule has 1 unspecified atom stereocenters. The molecule has 0 aromatic carbocycles. The molecule has 0 amide bonds. The Labute approximate surface area is 112 Å². The summed E-state index contributed by atoms with van der Waals surface area (Å²) in [7, 11) is 0. The van der Waals surface area contributed by atoms with Crippen LogP contribution in [0, 0.1) is 5.92 Å². The first-order valence-corrected chi connectivity index (χ1v) is 8.07. The molecule has 1 saturated carbocycles. The molecule has 2 fully saturated rings. The Morgan fingerprint density at radius 2 is 2.12 bits per heavy atom. The Kier molecular flexibility index (Phi) is 3.57. The monoisotopic (exact) mass is 270 g/mol. The highest BCUT2D eigenvalue weighted by Gasteiger charge is 2.34. The van der Waals surface area contributed by atoms with Crippen LogP contribution in [0.4, 0.5) is 5.13 Å². The molecule has 2 nitrogen and oxygen atoms in total. The van der Waals surface area contributed by atoms with Crippen LogP contribution >= 0.6 is 22.9 Å². The first kappa shape index (κ1) is 11.8. The highest BCUT2D eigenvalue weighted by molar-refractivity contribution is 7.13. The van der Waals surface area contributed by atoms with Gasteiger partial charge in [-0.1, -0.05) is 12.8 Å². The van der Waals surface area contributed by atoms with Gasteiger partial charge in [0.1, 0.15) is 0 Å². The van der Waals surface area contributed by atoms with Crippen molar-refractivity contribution < 1.29 is 0 Å². The lowest BCUT2D eigenvalue weighted by molar-refractivity contribution is 0.430. The van der Waals surface area contributed by atoms with Crippen LogP contribution in [-0.2, 0) is 5.88 Å². The summed E-state index contributed by atoms with van der Waals surface area (Å²) < 4.78 is 0. The minimum Gasteiger partial charge on any atom is -0.345 e. The fourth-order valence-corrected chi connectivity index (χ4v) is 4.49. The van der Waals surface area contributed by atoms with E-state index >= 15 is 0 Å². The van der Waals surface area contributed by atoms with Crippen LogP contribution in [0.1, 0.15) is 44.2 Å². The molecule has 1 atom stereocenters. The highest BCUT2D eigenvalue weighted by atomic mass is 35.5. The highest BCUT2D eigenvalue weighted by Crippen LogP contribution is 2.38. The van der Waals surface area contributed by atoms with Crippen molar-refractivity contribution in [3.8, 4) is 0 Å². The number of anilines is 1. The zero-order valence-corrected chi connectivity index (χ0v) is 11.6. The zero-order chi connectivity index (χ0) is 11.7. The molecule has 2 aliphatic rings. The molecule has 1 saturated heterocycles. The molecule has 0 bridgehead atoms. The van der Waals surface area contributed by atoms with E-state index in [-0.39, 0.29) is 0 Å². The van der Waals surface area contributed by atoms with Crippen molar-refractivity contribution in [1.82, 2.24) is 4.98 Å². The summed E-state index contributed by atoms with van der Waals surface area (Å²) in [6.45, 7) is 1.19. The van der Waals surface area contributed by atoms with Gasteiger partial charge in [-0.25, -0.2) is 4.98 Å². The third kappa shape index (κ3) is 2.32. The molecule has 94 valence electrons. The number of alkyl halides is 1. The third-order valence-electron chi connectivity index (χ3n) is 4.17. The van der Waals surface area contributed by atoms with Gasteiger partial charge in [0.15, 0.2) is 5.13 Å². The van der Waals surface area contributed by atoms with Gasteiger partial charge >= 0.3 is 0 Å². The normalized spacial score (nSPS) is 25.9. The van der Waals surface area contributed by atoms with E-state index in [1.807, 2.05) is 0 Å². The number of nitrogens with zero attached hydrogens (tertiary/aromatic N) is 2. The Morgan fingerprint density at radius 1 is 1.29 bits per heavy atom. The van der Waals surface area contributed by atoms with Gasteiger partial charge in [0.2, 0.25) is 0 Å². The molecule has 1 aromatic rings. The molecular weight excluding hydrogens is 252 g/mol. The van der Waals surface area contributed by atoms with Crippen LogP contribution < -0.4 is 4.90 Å². The average Bonchev–Trinajstić information content (AvgIpc) is 3.09. The van der Waals surface area contributed by atoms with Gasteiger partial charge in [0.05, 0.1) is 11.6 Å². The summed E-state index contributed by atoms with van der Waals surface area (Å²) in [5, 5.41) is 3.31. The predicted molar refractivity (Wildman–Crippen MR) is 74.0 cm³/mol. The molecule has 1 aromatic heterocycles. The minimum atomic E-state index is 0.540. The van der Waals surface area contributed by atoms with Crippen LogP contribution in [0.2, 0.25) is 0 Å². The van der Waals surface area contributed by atoms with E-state index in [1.54, 1.807) is 11.3 Å². The first-order chi connectivity index (χ1) is 8.38. The molecular formula is C13H19ClN2S. The minimum absolute atomic E-state index is 0.540. The predicted octanol–water partition coefficient (Wildman–Crippen LogP) is 4.04. The van der Waals surface area contributed by atoms with Crippen molar-refractivity contribution in [2.45, 2.75) is 50.4 Å². The van der Waals surface area contributed by atoms with Crippen molar-refractivity contribution in [2.24, 2.45) is 5.92 Å². The lowest BCUT2D eigenvalue weighted by Gasteiger charge is -2.29. The van der Waals surface area contributed by atoms with Crippen molar-refractivity contribution in [1.29, 1.82) is 0 Å². The lowest BCUT2D eigenvalue weighted by Crippen LogP contribution is -2.34. The fraction of sp³-hybridized carbons (Fsp3) is 0.769. The third-order valence-corrected chi connectivity index (χ3v) is 5.37. The van der Waals surface area contributed by atoms with Gasteiger partial charge in [0.25, 0.3) is 0 Å². The second-order valence-corrected chi connectivity index (χ2v) is 6.31. The van der Waals surface area contributed by atoms with E-state index < -0.39 is 0 Å². The number of hydrogen-bond acceptors (Lipinski definition) is 3. The SMILES string of the molecule is ClCc1csc(N2CCCC2C2CCCC2)n1. The smallest absolute Gasteiger partial charge is 0.185 e. The molecule has 2 heterocycles. The number of thiazole rings is 1. The molecule has 3 rings (SSSR count). The van der Waals surface area contributed by atoms with Crippen molar-refractivity contribution in [3.63, 3.8) is 0 Å². The van der Waals surface area contributed by atoms with Crippen LogP contribution in [0.3, 0.4) is 0 Å². The van der Waals surface area contributed by atoms with Crippen LogP contribution in [-0.4, -0.2) is 17.6 Å². The van der Waals surface area contributed by atoms with Gasteiger partial charge < -0.3 is 4.90 Å². The molecule has 0 N–H and O–H groups in total. The summed E-state index contributed by atoms with van der Waals surface area (Å²) in [5.74, 6) is 1.46. The first-order valence-electron chi connectivity index (χ1n) is 6.65. The molecule has 4 heteroatoms. The quantitative estimate of drug-likeness (QED) is 0.771. The number of rotatable bonds is 3. The summed E-state index contributed by atoms with van der Waals surface area (Å²) in [5.41, 5.74) is 1.03. The van der Waals surface area contributed by atoms with E-state index in [4.69, 9.17) is 11.6 Å². The summed E-state index contributed by atoms with van der Waals surface area (Å²) in [6, 6.07) is 0.756. The maximum atomic E-state index is 5.84. The fourth-order valence-electron chi connectivity index (χ4n) is 3.35. The van der Waals surface area contributed by atoms with Gasteiger partial charge in [-0.15, -0.1) is 22.9 Å². The topological polar surface area (TPSA) is 16.1 Å². The van der Waals surface area contributed by atoms with E-state index in [2.05, 4.69) is 15.3 Å². The van der Waals surface area contributed by atoms with Crippen LogP contribution in [0.5, 0.6) is 0 Å². The molecule has 17 heavy (non-hydrogen) atoms. The Hall–Kier alpha value is -0.280. The second kappa shape index (κ2) is 5.15. The Balaban J connectivity index is 1.76. The van der Waals surface area contributed by atoms with Crippen LogP contribution in [0.15, 0.2) is 5.38 Å². The molecule has 0 radical (unpaired) electrons. The molecule has 1 aliphatic carbocycles. The summed E-state index contributed by atoms with van der Waals surface area (Å²) in [6.07, 6.45) is 8.40. The molecule has 0 spiro atoms. The Bertz CT molecular complexity index is 373. The van der Waals surface area contributed by atoms with Crippen LogP contribution in [0.25, 0.3) is 0 Å². The lowest BCUT2D eigenvalue weighted by atomic mass is 9.96. The summed E-state index contributed by atoms with van der Waals surface area (Å²) in [4.78, 5) is 7.20. The van der Waals surface area contributed by atoms with Crippen molar-refractivity contribution >= 4 is 28.1 Å². The largest absolute Gasteiger partial charge is 0.345 e. The van der Waals surface area contributed by atoms with E-state index in [0.29, 0.717) is 5.88 Å². The van der Waals surface area contributed by atoms with E-state index in [0.717, 1.165) is 17.7 Å². The van der Waals surface area contributed by atoms with E-state index in [1.165, 1.54) is 50.2 Å². The van der Waals surface area contributed by atoms with Crippen molar-refractivity contribution in [2.75, 3.05) is 11.4 Å². The Morgan fingerprint density at radius 3 is 2.82 bits per heavy atom. The number of hydrogen-bond donors (Lipinski definition) is 0. The number of aromatic nitrogens is 1. The molecule has 1 aliphatic heterocycles. The van der Waals surface area contributed by atoms with E-state index in [9.17, 15) is 0 Å². The standard InChI is InChI=1S/C13H19ClN2S/c14-8-11-9-17-13(15-11)16-7-3-6-12(16)10-4-1-2-5-10/h9-10,12H,1-8H2. The van der Waals surface area contributed by atoms with Gasteiger partial charge in [-0.3, -0.25) is 0 Å². The number of halogens is 1. The van der Waals surface area contributed by atoms with Gasteiger partial charge in [0, 0.05) is 18.0 Å². The van der Waals surface area contributed by atoms with Gasteiger partial charge in [-0.2, -0.15) is 0 Å². The van der Waals surface area contributed by atoms with Crippen molar-refractivity contribution in [3.05, 3.63) is 11.1 Å². The zero-order valence-electron chi connectivity index (χ0n) is 10.1. The summed E-state index contributed by atoms with van der Waals surface area (Å²) >= 11 is 7.60. The maximum absolute atomic E-state index is 5.84. The average molecular weight is 271 g/mol. The van der Waals surface area contributed by atoms with Gasteiger partial charge in [-0.05, 0) is 31.6 Å². The maximum Gasteiger partial charge on any atom is 0.185 e.